The van der Waals surface area contributed by atoms with Crippen LogP contribution in [0.2, 0.25) is 0 Å². The highest BCUT2D eigenvalue weighted by molar-refractivity contribution is 6.01. The summed E-state index contributed by atoms with van der Waals surface area (Å²) in [6, 6.07) is 5.12. The Balaban J connectivity index is 0.00000162. The number of nitrogens with zero attached hydrogens (tertiary/aromatic N) is 2. The lowest BCUT2D eigenvalue weighted by atomic mass is 10.1. The molecule has 0 bridgehead atoms. The van der Waals surface area contributed by atoms with E-state index in [4.69, 9.17) is 5.73 Å². The number of nitrogens with two attached hydrogens (primary N) is 1. The first kappa shape index (κ1) is 14.2. The van der Waals surface area contributed by atoms with Gasteiger partial charge in [0.1, 0.15) is 11.5 Å². The molecule has 0 amide bonds. The van der Waals surface area contributed by atoms with E-state index in [0.717, 1.165) is 0 Å². The molecule has 18 heavy (non-hydrogen) atoms. The zero-order valence-electron chi connectivity index (χ0n) is 10.1. The number of nitro benzene ring substituents is 1. The summed E-state index contributed by atoms with van der Waals surface area (Å²) in [5, 5.41) is 14.0. The minimum Gasteiger partial charge on any atom is -0.393 e. The third-order valence-corrected chi connectivity index (χ3v) is 2.92. The van der Waals surface area contributed by atoms with Crippen molar-refractivity contribution >= 4 is 29.6 Å². The van der Waals surface area contributed by atoms with E-state index < -0.39 is 4.92 Å². The fourth-order valence-corrected chi connectivity index (χ4v) is 1.70. The maximum Gasteiger partial charge on any atom is 0.292 e. The van der Waals surface area contributed by atoms with Crippen LogP contribution in [0, 0.1) is 10.1 Å². The monoisotopic (exact) mass is 270 g/mol. The minimum absolute atomic E-state index is 0. The number of rotatable bonds is 2. The number of halogens is 1. The van der Waals surface area contributed by atoms with Gasteiger partial charge >= 0.3 is 0 Å². The summed E-state index contributed by atoms with van der Waals surface area (Å²) in [4.78, 5) is 14.7. The van der Waals surface area contributed by atoms with E-state index in [-0.39, 0.29) is 35.9 Å². The lowest BCUT2D eigenvalue weighted by molar-refractivity contribution is -0.383. The van der Waals surface area contributed by atoms with Crippen LogP contribution in [0.5, 0.6) is 0 Å². The molecule has 98 valence electrons. The molecule has 0 aromatic heterocycles. The SMILES string of the molecule is CC1N=C(c2ccc(N)c([N+](=O)[O-])c2)NC1C.Cl. The molecule has 2 unspecified atom stereocenters. The number of nitrogen functional groups attached to an aromatic ring is 1. The maximum atomic E-state index is 10.8. The predicted octanol–water partition coefficient (Wildman–Crippen LogP) is 1.73. The average molecular weight is 271 g/mol. The third-order valence-electron chi connectivity index (χ3n) is 2.92. The summed E-state index contributed by atoms with van der Waals surface area (Å²) in [5.41, 5.74) is 6.32. The molecule has 2 atom stereocenters. The van der Waals surface area contributed by atoms with Gasteiger partial charge in [0.15, 0.2) is 0 Å². The van der Waals surface area contributed by atoms with Crippen LogP contribution in [-0.4, -0.2) is 22.8 Å². The number of anilines is 1. The molecule has 1 aliphatic rings. The Morgan fingerprint density at radius 2 is 2.11 bits per heavy atom. The number of nitrogens with one attached hydrogen (secondary N) is 1. The van der Waals surface area contributed by atoms with Crippen LogP contribution in [0.3, 0.4) is 0 Å². The molecule has 1 aromatic carbocycles. The van der Waals surface area contributed by atoms with Crippen molar-refractivity contribution in [2.45, 2.75) is 25.9 Å². The highest BCUT2D eigenvalue weighted by Crippen LogP contribution is 2.23. The van der Waals surface area contributed by atoms with Gasteiger partial charge in [-0.1, -0.05) is 0 Å². The van der Waals surface area contributed by atoms with Crippen molar-refractivity contribution in [3.05, 3.63) is 33.9 Å². The molecular formula is C11H15ClN4O2. The third kappa shape index (κ3) is 2.53. The normalized spacial score (nSPS) is 21.8. The Morgan fingerprint density at radius 1 is 1.44 bits per heavy atom. The second-order valence-electron chi connectivity index (χ2n) is 4.18. The van der Waals surface area contributed by atoms with E-state index in [2.05, 4.69) is 10.3 Å². The van der Waals surface area contributed by atoms with Gasteiger partial charge in [0.05, 0.1) is 11.0 Å². The molecule has 1 heterocycles. The summed E-state index contributed by atoms with van der Waals surface area (Å²) in [5.74, 6) is 0.688. The molecule has 0 aliphatic carbocycles. The first-order valence-corrected chi connectivity index (χ1v) is 5.37. The van der Waals surface area contributed by atoms with Gasteiger partial charge in [-0.2, -0.15) is 0 Å². The van der Waals surface area contributed by atoms with Crippen LogP contribution in [0.1, 0.15) is 19.4 Å². The van der Waals surface area contributed by atoms with Crippen molar-refractivity contribution < 1.29 is 4.92 Å². The number of nitro groups is 1. The van der Waals surface area contributed by atoms with Crippen LogP contribution >= 0.6 is 12.4 Å². The summed E-state index contributed by atoms with van der Waals surface area (Å²) in [6.45, 7) is 4.02. The molecule has 1 aliphatic heterocycles. The van der Waals surface area contributed by atoms with E-state index in [0.29, 0.717) is 11.4 Å². The van der Waals surface area contributed by atoms with Gasteiger partial charge in [-0.15, -0.1) is 12.4 Å². The second-order valence-corrected chi connectivity index (χ2v) is 4.18. The van der Waals surface area contributed by atoms with E-state index in [9.17, 15) is 10.1 Å². The molecule has 1 aromatic rings. The summed E-state index contributed by atoms with van der Waals surface area (Å²) >= 11 is 0. The maximum absolute atomic E-state index is 10.8. The quantitative estimate of drug-likeness (QED) is 0.486. The van der Waals surface area contributed by atoms with Crippen molar-refractivity contribution in [2.24, 2.45) is 4.99 Å². The van der Waals surface area contributed by atoms with E-state index in [1.807, 2.05) is 13.8 Å². The summed E-state index contributed by atoms with van der Waals surface area (Å²) in [6.07, 6.45) is 0. The van der Waals surface area contributed by atoms with Gasteiger partial charge in [0.2, 0.25) is 0 Å². The number of aliphatic imine (C=N–C) groups is 1. The van der Waals surface area contributed by atoms with E-state index >= 15 is 0 Å². The molecule has 0 saturated heterocycles. The Bertz CT molecular complexity index is 504. The lowest BCUT2D eigenvalue weighted by Gasteiger charge is -2.08. The summed E-state index contributed by atoms with van der Waals surface area (Å²) < 4.78 is 0. The second kappa shape index (κ2) is 5.22. The molecule has 0 fully saturated rings. The largest absolute Gasteiger partial charge is 0.393 e. The van der Waals surface area contributed by atoms with Gasteiger partial charge in [-0.25, -0.2) is 0 Å². The highest BCUT2D eigenvalue weighted by atomic mass is 35.5. The van der Waals surface area contributed by atoms with Gasteiger partial charge in [-0.3, -0.25) is 15.1 Å². The molecule has 3 N–H and O–H groups in total. The Morgan fingerprint density at radius 3 is 2.61 bits per heavy atom. The molecule has 2 rings (SSSR count). The van der Waals surface area contributed by atoms with E-state index in [1.54, 1.807) is 6.07 Å². The first-order valence-electron chi connectivity index (χ1n) is 5.37. The van der Waals surface area contributed by atoms with Crippen molar-refractivity contribution in [3.8, 4) is 0 Å². The molecule has 0 radical (unpaired) electrons. The van der Waals surface area contributed by atoms with Gasteiger partial charge in [0, 0.05) is 17.7 Å². The smallest absolute Gasteiger partial charge is 0.292 e. The number of hydrogen-bond donors (Lipinski definition) is 2. The fourth-order valence-electron chi connectivity index (χ4n) is 1.70. The van der Waals surface area contributed by atoms with Crippen LogP contribution in [0.4, 0.5) is 11.4 Å². The molecular weight excluding hydrogens is 256 g/mol. The Hall–Kier alpha value is -1.82. The van der Waals surface area contributed by atoms with E-state index in [1.165, 1.54) is 12.1 Å². The zero-order chi connectivity index (χ0) is 12.6. The molecule has 0 saturated carbocycles. The number of hydrogen-bond acceptors (Lipinski definition) is 5. The topological polar surface area (TPSA) is 93.5 Å². The van der Waals surface area contributed by atoms with Crippen LogP contribution in [0.15, 0.2) is 23.2 Å². The van der Waals surface area contributed by atoms with Gasteiger partial charge < -0.3 is 11.1 Å². The van der Waals surface area contributed by atoms with Crippen LogP contribution < -0.4 is 11.1 Å². The van der Waals surface area contributed by atoms with Crippen molar-refractivity contribution in [3.63, 3.8) is 0 Å². The molecule has 7 heteroatoms. The van der Waals surface area contributed by atoms with Gasteiger partial charge in [-0.05, 0) is 26.0 Å². The Labute approximate surface area is 111 Å². The number of amidine groups is 1. The number of benzene rings is 1. The van der Waals surface area contributed by atoms with Crippen LogP contribution in [0.25, 0.3) is 0 Å². The first-order chi connectivity index (χ1) is 7.99. The van der Waals surface area contributed by atoms with Gasteiger partial charge in [0.25, 0.3) is 5.69 Å². The van der Waals surface area contributed by atoms with Crippen LogP contribution in [-0.2, 0) is 0 Å². The Kier molecular flexibility index (Phi) is 4.13. The van der Waals surface area contributed by atoms with Crippen molar-refractivity contribution in [1.82, 2.24) is 5.32 Å². The average Bonchev–Trinajstić information content (AvgIpc) is 2.59. The molecule has 0 spiro atoms. The lowest BCUT2D eigenvalue weighted by Crippen LogP contribution is -2.30. The van der Waals surface area contributed by atoms with Crippen molar-refractivity contribution in [2.75, 3.05) is 5.73 Å². The fraction of sp³-hybridized carbons (Fsp3) is 0.364. The van der Waals surface area contributed by atoms with Crippen molar-refractivity contribution in [1.29, 1.82) is 0 Å². The molecule has 6 nitrogen and oxygen atoms in total. The summed E-state index contributed by atoms with van der Waals surface area (Å²) in [7, 11) is 0. The standard InChI is InChI=1S/C11H14N4O2.ClH/c1-6-7(2)14-11(13-6)8-3-4-9(12)10(5-8)15(16)17;/h3-7H,12H2,1-2H3,(H,13,14);1H. The highest BCUT2D eigenvalue weighted by Gasteiger charge is 2.23. The predicted molar refractivity (Wildman–Crippen MR) is 73.4 cm³/mol. The zero-order valence-corrected chi connectivity index (χ0v) is 10.9. The minimum atomic E-state index is -0.485.